The summed E-state index contributed by atoms with van der Waals surface area (Å²) in [5.74, 6) is -4.43. The minimum Gasteiger partial charge on any atom is -0.487 e. The highest BCUT2D eigenvalue weighted by Crippen LogP contribution is 2.26. The lowest BCUT2D eigenvalue weighted by Crippen LogP contribution is -2.39. The Labute approximate surface area is 182 Å². The van der Waals surface area contributed by atoms with Crippen molar-refractivity contribution in [2.24, 2.45) is 0 Å². The molecule has 0 radical (unpaired) electrons. The smallest absolute Gasteiger partial charge is 0.326 e. The number of rotatable bonds is 6. The number of esters is 2. The van der Waals surface area contributed by atoms with Crippen molar-refractivity contribution in [2.45, 2.75) is 24.9 Å². The van der Waals surface area contributed by atoms with E-state index in [1.54, 1.807) is 0 Å². The first-order chi connectivity index (χ1) is 15.4. The molecule has 9 nitrogen and oxygen atoms in total. The highest BCUT2D eigenvalue weighted by molar-refractivity contribution is 6.00. The molecule has 1 aromatic heterocycles. The Morgan fingerprint density at radius 1 is 1.19 bits per heavy atom. The standard InChI is InChI=1S/C21H20F2N4O5/c1-30-20(28)18(21(29)31-2)19-15(10-24)26-17(11-25-19)27-7-5-13(6-8-27)32-16-4-3-12(22)9-14(16)23/h3-4,9,11,13,18H,5-8H2,1-2H3. The summed E-state index contributed by atoms with van der Waals surface area (Å²) >= 11 is 0. The number of hydrogen-bond acceptors (Lipinski definition) is 9. The maximum absolute atomic E-state index is 13.8. The highest BCUT2D eigenvalue weighted by atomic mass is 19.1. The van der Waals surface area contributed by atoms with Gasteiger partial charge in [-0.15, -0.1) is 0 Å². The van der Waals surface area contributed by atoms with E-state index in [0.29, 0.717) is 31.7 Å². The molecule has 0 bridgehead atoms. The van der Waals surface area contributed by atoms with Gasteiger partial charge in [0.15, 0.2) is 23.2 Å². The lowest BCUT2D eigenvalue weighted by Gasteiger charge is -2.33. The number of hydrogen-bond donors (Lipinski definition) is 0. The maximum Gasteiger partial charge on any atom is 0.326 e. The first kappa shape index (κ1) is 22.9. The van der Waals surface area contributed by atoms with Crippen molar-refractivity contribution < 1.29 is 32.6 Å². The van der Waals surface area contributed by atoms with Gasteiger partial charge in [-0.25, -0.2) is 13.8 Å². The normalized spacial score (nSPS) is 14.1. The molecule has 3 rings (SSSR count). The fourth-order valence-corrected chi connectivity index (χ4v) is 3.34. The van der Waals surface area contributed by atoms with E-state index in [1.165, 1.54) is 12.3 Å². The number of nitriles is 1. The van der Waals surface area contributed by atoms with E-state index in [-0.39, 0.29) is 23.2 Å². The van der Waals surface area contributed by atoms with Crippen molar-refractivity contribution in [3.8, 4) is 11.8 Å². The van der Waals surface area contributed by atoms with E-state index < -0.39 is 29.5 Å². The number of nitrogens with zero attached hydrogens (tertiary/aromatic N) is 4. The topological polar surface area (TPSA) is 115 Å². The van der Waals surface area contributed by atoms with Crippen LogP contribution >= 0.6 is 0 Å². The molecular weight excluding hydrogens is 426 g/mol. The highest BCUT2D eigenvalue weighted by Gasteiger charge is 2.35. The van der Waals surface area contributed by atoms with Crippen LogP contribution in [0.15, 0.2) is 24.4 Å². The Balaban J connectivity index is 1.72. The summed E-state index contributed by atoms with van der Waals surface area (Å²) in [5, 5.41) is 9.49. The molecule has 11 heteroatoms. The van der Waals surface area contributed by atoms with Crippen LogP contribution < -0.4 is 9.64 Å². The average Bonchev–Trinajstić information content (AvgIpc) is 2.81. The van der Waals surface area contributed by atoms with Crippen LogP contribution in [-0.2, 0) is 19.1 Å². The number of piperidine rings is 1. The van der Waals surface area contributed by atoms with Gasteiger partial charge in [0.25, 0.3) is 0 Å². The SMILES string of the molecule is COC(=O)C(C(=O)OC)c1ncc(N2CCC(Oc3ccc(F)cc3F)CC2)nc1C#N. The van der Waals surface area contributed by atoms with Gasteiger partial charge in [0.1, 0.15) is 29.5 Å². The zero-order valence-electron chi connectivity index (χ0n) is 17.4. The summed E-state index contributed by atoms with van der Waals surface area (Å²) in [5.41, 5.74) is -0.352. The summed E-state index contributed by atoms with van der Waals surface area (Å²) in [7, 11) is 2.21. The molecule has 0 N–H and O–H groups in total. The second kappa shape index (κ2) is 10.00. The van der Waals surface area contributed by atoms with Crippen LogP contribution in [0.3, 0.4) is 0 Å². The molecule has 1 aliphatic heterocycles. The van der Waals surface area contributed by atoms with Gasteiger partial charge in [0.05, 0.1) is 20.4 Å². The molecule has 0 amide bonds. The first-order valence-electron chi connectivity index (χ1n) is 9.67. The Hall–Kier alpha value is -3.81. The van der Waals surface area contributed by atoms with E-state index in [9.17, 15) is 23.6 Å². The monoisotopic (exact) mass is 446 g/mol. The van der Waals surface area contributed by atoms with Crippen LogP contribution in [0.5, 0.6) is 5.75 Å². The van der Waals surface area contributed by atoms with Crippen LogP contribution in [0, 0.1) is 23.0 Å². The van der Waals surface area contributed by atoms with E-state index in [1.807, 2.05) is 11.0 Å². The first-order valence-corrected chi connectivity index (χ1v) is 9.67. The van der Waals surface area contributed by atoms with Crippen LogP contribution in [0.1, 0.15) is 30.1 Å². The lowest BCUT2D eigenvalue weighted by molar-refractivity contribution is -0.154. The Morgan fingerprint density at radius 3 is 2.41 bits per heavy atom. The molecule has 0 aliphatic carbocycles. The van der Waals surface area contributed by atoms with Gasteiger partial charge in [-0.1, -0.05) is 0 Å². The fraction of sp³-hybridized carbons (Fsp3) is 0.381. The van der Waals surface area contributed by atoms with E-state index in [4.69, 9.17) is 4.74 Å². The van der Waals surface area contributed by atoms with Gasteiger partial charge >= 0.3 is 11.9 Å². The van der Waals surface area contributed by atoms with Gasteiger partial charge in [0, 0.05) is 32.0 Å². The van der Waals surface area contributed by atoms with Gasteiger partial charge in [-0.2, -0.15) is 5.26 Å². The zero-order chi connectivity index (χ0) is 23.3. The van der Waals surface area contributed by atoms with Crippen molar-refractivity contribution in [2.75, 3.05) is 32.2 Å². The lowest BCUT2D eigenvalue weighted by atomic mass is 10.0. The van der Waals surface area contributed by atoms with Crippen molar-refractivity contribution >= 4 is 17.8 Å². The molecule has 0 saturated carbocycles. The van der Waals surface area contributed by atoms with E-state index >= 15 is 0 Å². The molecule has 2 heterocycles. The molecule has 0 spiro atoms. The number of carbonyl (C=O) groups excluding carboxylic acids is 2. The molecular formula is C21H20F2N4O5. The fourth-order valence-electron chi connectivity index (χ4n) is 3.34. The minimum absolute atomic E-state index is 0.0163. The van der Waals surface area contributed by atoms with Crippen LogP contribution in [0.2, 0.25) is 0 Å². The zero-order valence-corrected chi connectivity index (χ0v) is 17.4. The molecule has 168 valence electrons. The third-order valence-electron chi connectivity index (χ3n) is 4.99. The minimum atomic E-state index is -1.52. The summed E-state index contributed by atoms with van der Waals surface area (Å²) in [6, 6.07) is 5.00. The number of aromatic nitrogens is 2. The molecule has 0 unspecified atom stereocenters. The molecule has 1 saturated heterocycles. The van der Waals surface area contributed by atoms with Crippen LogP contribution in [0.25, 0.3) is 0 Å². The Bertz CT molecular complexity index is 1030. The van der Waals surface area contributed by atoms with Crippen molar-refractivity contribution in [3.63, 3.8) is 0 Å². The number of anilines is 1. The van der Waals surface area contributed by atoms with E-state index in [2.05, 4.69) is 19.4 Å². The molecule has 1 aliphatic rings. The number of benzene rings is 1. The van der Waals surface area contributed by atoms with Gasteiger partial charge in [0.2, 0.25) is 0 Å². The predicted molar refractivity (Wildman–Crippen MR) is 106 cm³/mol. The van der Waals surface area contributed by atoms with Crippen LogP contribution in [0.4, 0.5) is 14.6 Å². The number of methoxy groups -OCH3 is 2. The van der Waals surface area contributed by atoms with Crippen molar-refractivity contribution in [1.82, 2.24) is 9.97 Å². The molecule has 32 heavy (non-hydrogen) atoms. The molecule has 1 aromatic carbocycles. The predicted octanol–water partition coefficient (Wildman–Crippen LogP) is 2.10. The summed E-state index contributed by atoms with van der Waals surface area (Å²) in [4.78, 5) is 34.3. The third-order valence-corrected chi connectivity index (χ3v) is 4.99. The molecule has 2 aromatic rings. The Kier molecular flexibility index (Phi) is 7.14. The maximum atomic E-state index is 13.8. The van der Waals surface area contributed by atoms with Crippen molar-refractivity contribution in [3.05, 3.63) is 47.4 Å². The van der Waals surface area contributed by atoms with E-state index in [0.717, 1.165) is 26.4 Å². The van der Waals surface area contributed by atoms with Gasteiger partial charge < -0.3 is 19.1 Å². The summed E-state index contributed by atoms with van der Waals surface area (Å²) < 4.78 is 41.7. The van der Waals surface area contributed by atoms with Gasteiger partial charge in [-0.05, 0) is 12.1 Å². The Morgan fingerprint density at radius 2 is 1.84 bits per heavy atom. The number of ether oxygens (including phenoxy) is 3. The van der Waals surface area contributed by atoms with Crippen LogP contribution in [-0.4, -0.2) is 55.3 Å². The number of carbonyl (C=O) groups is 2. The average molecular weight is 446 g/mol. The summed E-state index contributed by atoms with van der Waals surface area (Å²) in [6.07, 6.45) is 2.12. The molecule has 0 atom stereocenters. The second-order valence-corrected chi connectivity index (χ2v) is 6.93. The quantitative estimate of drug-likeness (QED) is 0.486. The largest absolute Gasteiger partial charge is 0.487 e. The van der Waals surface area contributed by atoms with Gasteiger partial charge in [-0.3, -0.25) is 14.6 Å². The summed E-state index contributed by atoms with van der Waals surface area (Å²) in [6.45, 7) is 0.952. The number of halogens is 2. The third kappa shape index (κ3) is 4.91. The second-order valence-electron chi connectivity index (χ2n) is 6.93. The van der Waals surface area contributed by atoms with Crippen molar-refractivity contribution in [1.29, 1.82) is 5.26 Å². The molecule has 1 fully saturated rings.